The fourth-order valence-electron chi connectivity index (χ4n) is 1.96. The van der Waals surface area contributed by atoms with Crippen molar-refractivity contribution in [1.82, 2.24) is 10.3 Å². The first-order chi connectivity index (χ1) is 9.31. The molecule has 0 atom stereocenters. The van der Waals surface area contributed by atoms with E-state index in [1.165, 1.54) is 0 Å². The van der Waals surface area contributed by atoms with Crippen molar-refractivity contribution in [3.63, 3.8) is 0 Å². The molecule has 1 N–H and O–H groups in total. The maximum atomic E-state index is 11.2. The van der Waals surface area contributed by atoms with Gasteiger partial charge in [-0.2, -0.15) is 0 Å². The van der Waals surface area contributed by atoms with Crippen molar-refractivity contribution in [2.45, 2.75) is 19.9 Å². The zero-order valence-corrected chi connectivity index (χ0v) is 11.1. The van der Waals surface area contributed by atoms with E-state index in [4.69, 9.17) is 4.74 Å². The van der Waals surface area contributed by atoms with Crippen LogP contribution in [0.5, 0.6) is 0 Å². The van der Waals surface area contributed by atoms with Gasteiger partial charge in [0.2, 0.25) is 0 Å². The molecule has 2 aromatic rings. The molecule has 1 aromatic carbocycles. The van der Waals surface area contributed by atoms with Gasteiger partial charge in [-0.15, -0.1) is 0 Å². The van der Waals surface area contributed by atoms with Crippen LogP contribution in [0.2, 0.25) is 0 Å². The van der Waals surface area contributed by atoms with E-state index in [2.05, 4.69) is 10.3 Å². The summed E-state index contributed by atoms with van der Waals surface area (Å²) in [5.41, 5.74) is 2.15. The van der Waals surface area contributed by atoms with Crippen LogP contribution in [-0.4, -0.2) is 24.1 Å². The summed E-state index contributed by atoms with van der Waals surface area (Å²) in [6, 6.07) is 10.1. The molecule has 0 spiro atoms. The highest BCUT2D eigenvalue weighted by molar-refractivity contribution is 5.81. The number of esters is 1. The van der Waals surface area contributed by atoms with E-state index in [1.54, 1.807) is 6.20 Å². The highest BCUT2D eigenvalue weighted by Crippen LogP contribution is 2.15. The minimum atomic E-state index is -0.161. The summed E-state index contributed by atoms with van der Waals surface area (Å²) >= 11 is 0. The van der Waals surface area contributed by atoms with Gasteiger partial charge in [-0.25, -0.2) is 0 Å². The topological polar surface area (TPSA) is 51.2 Å². The lowest BCUT2D eigenvalue weighted by Gasteiger charge is -2.07. The molecule has 0 aliphatic heterocycles. The second-order valence-corrected chi connectivity index (χ2v) is 4.22. The Kier molecular flexibility index (Phi) is 4.86. The number of carbonyl (C=O) groups excluding carboxylic acids is 1. The lowest BCUT2D eigenvalue weighted by Crippen LogP contribution is -2.19. The summed E-state index contributed by atoms with van der Waals surface area (Å²) in [6.07, 6.45) is 2.19. The van der Waals surface area contributed by atoms with E-state index in [9.17, 15) is 4.79 Å². The van der Waals surface area contributed by atoms with Gasteiger partial charge < -0.3 is 10.1 Å². The van der Waals surface area contributed by atoms with Crippen LogP contribution in [-0.2, 0) is 16.1 Å². The van der Waals surface area contributed by atoms with Crippen molar-refractivity contribution in [3.8, 4) is 0 Å². The molecule has 0 aliphatic carbocycles. The first-order valence-corrected chi connectivity index (χ1v) is 6.50. The Morgan fingerprint density at radius 3 is 3.00 bits per heavy atom. The predicted molar refractivity (Wildman–Crippen MR) is 74.7 cm³/mol. The van der Waals surface area contributed by atoms with Crippen molar-refractivity contribution in [1.29, 1.82) is 0 Å². The van der Waals surface area contributed by atoms with Gasteiger partial charge in [-0.05, 0) is 18.6 Å². The van der Waals surface area contributed by atoms with Gasteiger partial charge in [0.25, 0.3) is 0 Å². The number of benzene rings is 1. The first-order valence-electron chi connectivity index (χ1n) is 6.50. The van der Waals surface area contributed by atoms with E-state index in [0.717, 1.165) is 16.5 Å². The standard InChI is InChI=1S/C15H18N2O2/c1-2-19-14(18)8-10-16-11-13-6-3-5-12-7-4-9-17-15(12)13/h3-7,9,16H,2,8,10-11H2,1H3. The number of pyridine rings is 1. The average molecular weight is 258 g/mol. The average Bonchev–Trinajstić information content (AvgIpc) is 2.44. The maximum Gasteiger partial charge on any atom is 0.307 e. The summed E-state index contributed by atoms with van der Waals surface area (Å²) in [5.74, 6) is -0.161. The van der Waals surface area contributed by atoms with Crippen LogP contribution in [0.15, 0.2) is 36.5 Å². The molecule has 0 radical (unpaired) electrons. The molecule has 100 valence electrons. The lowest BCUT2D eigenvalue weighted by molar-refractivity contribution is -0.142. The first kappa shape index (κ1) is 13.5. The summed E-state index contributed by atoms with van der Waals surface area (Å²) in [7, 11) is 0. The number of ether oxygens (including phenoxy) is 1. The number of rotatable bonds is 6. The van der Waals surface area contributed by atoms with E-state index in [1.807, 2.05) is 37.3 Å². The molecule has 4 nitrogen and oxygen atoms in total. The molecule has 0 amide bonds. The number of para-hydroxylation sites is 1. The monoisotopic (exact) mass is 258 g/mol. The van der Waals surface area contributed by atoms with Gasteiger partial charge >= 0.3 is 5.97 Å². The zero-order valence-electron chi connectivity index (χ0n) is 11.1. The third-order valence-corrected chi connectivity index (χ3v) is 2.84. The summed E-state index contributed by atoms with van der Waals surface area (Å²) in [4.78, 5) is 15.6. The Morgan fingerprint density at radius 2 is 2.16 bits per heavy atom. The maximum absolute atomic E-state index is 11.2. The van der Waals surface area contributed by atoms with Gasteiger partial charge in [-0.3, -0.25) is 9.78 Å². The Morgan fingerprint density at radius 1 is 1.32 bits per heavy atom. The normalized spacial score (nSPS) is 10.6. The van der Waals surface area contributed by atoms with Gasteiger partial charge in [0.1, 0.15) is 0 Å². The second kappa shape index (κ2) is 6.85. The molecular formula is C15H18N2O2. The van der Waals surface area contributed by atoms with Crippen LogP contribution in [0.4, 0.5) is 0 Å². The molecule has 0 bridgehead atoms. The number of aromatic nitrogens is 1. The van der Waals surface area contributed by atoms with Crippen LogP contribution in [0, 0.1) is 0 Å². The quantitative estimate of drug-likeness (QED) is 0.638. The third-order valence-electron chi connectivity index (χ3n) is 2.84. The molecule has 19 heavy (non-hydrogen) atoms. The number of carbonyl (C=O) groups is 1. The largest absolute Gasteiger partial charge is 0.466 e. The van der Waals surface area contributed by atoms with Gasteiger partial charge in [-0.1, -0.05) is 24.3 Å². The number of hydrogen-bond acceptors (Lipinski definition) is 4. The Balaban J connectivity index is 1.90. The SMILES string of the molecule is CCOC(=O)CCNCc1cccc2cccnc12. The van der Waals surface area contributed by atoms with Crippen molar-refractivity contribution in [2.75, 3.05) is 13.2 Å². The summed E-state index contributed by atoms with van der Waals surface area (Å²) < 4.78 is 4.87. The van der Waals surface area contributed by atoms with E-state index < -0.39 is 0 Å². The lowest BCUT2D eigenvalue weighted by atomic mass is 10.1. The zero-order chi connectivity index (χ0) is 13.5. The smallest absolute Gasteiger partial charge is 0.307 e. The van der Waals surface area contributed by atoms with Crippen molar-refractivity contribution in [2.24, 2.45) is 0 Å². The fourth-order valence-corrected chi connectivity index (χ4v) is 1.96. The number of hydrogen-bond donors (Lipinski definition) is 1. The Labute approximate surface area is 112 Å². The molecule has 0 saturated carbocycles. The molecule has 2 rings (SSSR count). The van der Waals surface area contributed by atoms with Crippen molar-refractivity contribution < 1.29 is 9.53 Å². The number of nitrogens with one attached hydrogen (secondary N) is 1. The molecule has 0 unspecified atom stereocenters. The molecule has 0 saturated heterocycles. The van der Waals surface area contributed by atoms with Crippen molar-refractivity contribution in [3.05, 3.63) is 42.1 Å². The molecule has 0 fully saturated rings. The van der Waals surface area contributed by atoms with Crippen LogP contribution in [0.25, 0.3) is 10.9 Å². The van der Waals surface area contributed by atoms with Gasteiger partial charge in [0, 0.05) is 24.7 Å². The highest BCUT2D eigenvalue weighted by atomic mass is 16.5. The van der Waals surface area contributed by atoms with Crippen molar-refractivity contribution >= 4 is 16.9 Å². The summed E-state index contributed by atoms with van der Waals surface area (Å²) in [6.45, 7) is 3.56. The molecule has 1 heterocycles. The highest BCUT2D eigenvalue weighted by Gasteiger charge is 2.03. The minimum Gasteiger partial charge on any atom is -0.466 e. The molecule has 4 heteroatoms. The van der Waals surface area contributed by atoms with Crippen LogP contribution >= 0.6 is 0 Å². The van der Waals surface area contributed by atoms with E-state index >= 15 is 0 Å². The van der Waals surface area contributed by atoms with Crippen LogP contribution in [0.1, 0.15) is 18.9 Å². The number of nitrogens with zero attached hydrogens (tertiary/aromatic N) is 1. The second-order valence-electron chi connectivity index (χ2n) is 4.22. The van der Waals surface area contributed by atoms with Crippen LogP contribution < -0.4 is 5.32 Å². The van der Waals surface area contributed by atoms with Gasteiger partial charge in [0.05, 0.1) is 18.5 Å². The molecular weight excluding hydrogens is 240 g/mol. The Bertz CT molecular complexity index is 549. The summed E-state index contributed by atoms with van der Waals surface area (Å²) in [5, 5.41) is 4.37. The van der Waals surface area contributed by atoms with E-state index in [-0.39, 0.29) is 5.97 Å². The number of fused-ring (bicyclic) bond motifs is 1. The predicted octanol–water partition coefficient (Wildman–Crippen LogP) is 2.28. The minimum absolute atomic E-state index is 0.161. The van der Waals surface area contributed by atoms with Gasteiger partial charge in [0.15, 0.2) is 0 Å². The van der Waals surface area contributed by atoms with E-state index in [0.29, 0.717) is 26.1 Å². The fraction of sp³-hybridized carbons (Fsp3) is 0.333. The third kappa shape index (κ3) is 3.76. The van der Waals surface area contributed by atoms with Crippen LogP contribution in [0.3, 0.4) is 0 Å². The Hall–Kier alpha value is -1.94. The molecule has 0 aliphatic rings. The molecule has 1 aromatic heterocycles.